The lowest BCUT2D eigenvalue weighted by Crippen LogP contribution is -2.23. The first kappa shape index (κ1) is 13.9. The van der Waals surface area contributed by atoms with Gasteiger partial charge in [0.1, 0.15) is 17.6 Å². The van der Waals surface area contributed by atoms with Crippen molar-refractivity contribution in [2.75, 3.05) is 7.11 Å². The van der Waals surface area contributed by atoms with E-state index >= 15 is 0 Å². The summed E-state index contributed by atoms with van der Waals surface area (Å²) in [6, 6.07) is 5.77. The van der Waals surface area contributed by atoms with E-state index in [9.17, 15) is 0 Å². The van der Waals surface area contributed by atoms with Gasteiger partial charge in [-0.1, -0.05) is 13.0 Å². The Bertz CT molecular complexity index is 624. The Morgan fingerprint density at radius 3 is 3.10 bits per heavy atom. The lowest BCUT2D eigenvalue weighted by Gasteiger charge is -2.30. The molecule has 1 aliphatic rings. The number of nitrogens with zero attached hydrogens (tertiary/aromatic N) is 2. The first-order valence-corrected chi connectivity index (χ1v) is 7.33. The van der Waals surface area contributed by atoms with E-state index in [2.05, 4.69) is 12.0 Å². The summed E-state index contributed by atoms with van der Waals surface area (Å²) < 4.78 is 13.3. The van der Waals surface area contributed by atoms with E-state index in [4.69, 9.17) is 15.2 Å². The fourth-order valence-corrected chi connectivity index (χ4v) is 2.71. The van der Waals surface area contributed by atoms with Crippen molar-refractivity contribution in [1.29, 1.82) is 0 Å². The van der Waals surface area contributed by atoms with Crippen LogP contribution < -0.4 is 15.2 Å². The quantitative estimate of drug-likeness (QED) is 0.939. The molecule has 0 amide bonds. The average molecular weight is 287 g/mol. The Kier molecular flexibility index (Phi) is 3.84. The van der Waals surface area contributed by atoms with Gasteiger partial charge < -0.3 is 15.2 Å². The molecule has 2 heterocycles. The van der Waals surface area contributed by atoms with Crippen molar-refractivity contribution in [2.45, 2.75) is 38.5 Å². The summed E-state index contributed by atoms with van der Waals surface area (Å²) >= 11 is 0. The van der Waals surface area contributed by atoms with Gasteiger partial charge >= 0.3 is 0 Å². The number of nitrogens with two attached hydrogens (primary N) is 1. The van der Waals surface area contributed by atoms with Gasteiger partial charge in [0.25, 0.3) is 0 Å². The summed E-state index contributed by atoms with van der Waals surface area (Å²) in [6.07, 6.45) is 5.69. The van der Waals surface area contributed by atoms with Crippen molar-refractivity contribution in [3.05, 3.63) is 41.7 Å². The Balaban J connectivity index is 1.85. The second kappa shape index (κ2) is 5.77. The Morgan fingerprint density at radius 2 is 2.33 bits per heavy atom. The monoisotopic (exact) mass is 287 g/mol. The number of hydrogen-bond donors (Lipinski definition) is 1. The van der Waals surface area contributed by atoms with E-state index in [-0.39, 0.29) is 12.1 Å². The molecule has 0 aliphatic carbocycles. The maximum Gasteiger partial charge on any atom is 0.129 e. The average Bonchev–Trinajstić information content (AvgIpc) is 2.95. The van der Waals surface area contributed by atoms with E-state index in [0.717, 1.165) is 42.0 Å². The Morgan fingerprint density at radius 1 is 1.48 bits per heavy atom. The standard InChI is InChI=1S/C16H21N3O2/c1-3-6-19-10-11(9-18-19)15-8-14(17)13-5-4-12(20-2)7-16(13)21-15/h4-5,7,9-10,14-15H,3,6,8,17H2,1-2H3/t14-,15?/m0/s1. The number of hydrogen-bond acceptors (Lipinski definition) is 4. The van der Waals surface area contributed by atoms with Crippen LogP contribution in [0.2, 0.25) is 0 Å². The molecule has 1 aromatic heterocycles. The summed E-state index contributed by atoms with van der Waals surface area (Å²) in [5, 5.41) is 4.37. The van der Waals surface area contributed by atoms with Crippen LogP contribution in [0.15, 0.2) is 30.6 Å². The van der Waals surface area contributed by atoms with Crippen LogP contribution in [0.5, 0.6) is 11.5 Å². The van der Waals surface area contributed by atoms with Gasteiger partial charge in [-0.25, -0.2) is 0 Å². The fraction of sp³-hybridized carbons (Fsp3) is 0.438. The van der Waals surface area contributed by atoms with Gasteiger partial charge in [0.05, 0.1) is 13.3 Å². The zero-order chi connectivity index (χ0) is 14.8. The molecule has 0 radical (unpaired) electrons. The minimum absolute atomic E-state index is 0.0285. The highest BCUT2D eigenvalue weighted by molar-refractivity contribution is 5.44. The second-order valence-electron chi connectivity index (χ2n) is 5.39. The second-order valence-corrected chi connectivity index (χ2v) is 5.39. The zero-order valence-corrected chi connectivity index (χ0v) is 12.5. The zero-order valence-electron chi connectivity index (χ0n) is 12.5. The van der Waals surface area contributed by atoms with Crippen LogP contribution in [0.1, 0.15) is 43.0 Å². The molecule has 2 aromatic rings. The molecule has 21 heavy (non-hydrogen) atoms. The van der Waals surface area contributed by atoms with Gasteiger partial charge in [-0.2, -0.15) is 5.10 Å². The van der Waals surface area contributed by atoms with E-state index in [1.807, 2.05) is 35.3 Å². The smallest absolute Gasteiger partial charge is 0.129 e. The van der Waals surface area contributed by atoms with Crippen molar-refractivity contribution in [2.24, 2.45) is 5.73 Å². The topological polar surface area (TPSA) is 62.3 Å². The molecule has 0 spiro atoms. The summed E-state index contributed by atoms with van der Waals surface area (Å²) in [7, 11) is 1.65. The summed E-state index contributed by atoms with van der Waals surface area (Å²) in [5.74, 6) is 1.59. The van der Waals surface area contributed by atoms with Gasteiger partial charge in [-0.3, -0.25) is 4.68 Å². The highest BCUT2D eigenvalue weighted by Crippen LogP contribution is 2.41. The molecule has 1 aromatic carbocycles. The molecule has 0 fully saturated rings. The van der Waals surface area contributed by atoms with E-state index in [1.54, 1.807) is 7.11 Å². The number of fused-ring (bicyclic) bond motifs is 1. The molecule has 1 unspecified atom stereocenters. The number of aromatic nitrogens is 2. The molecule has 0 saturated carbocycles. The molecule has 1 aliphatic heterocycles. The maximum absolute atomic E-state index is 6.28. The van der Waals surface area contributed by atoms with Crippen molar-refractivity contribution in [1.82, 2.24) is 9.78 Å². The SMILES string of the molecule is CCCn1cc(C2C[C@H](N)c3ccc(OC)cc3O2)cn1. The molecule has 3 rings (SSSR count). The molecule has 2 N–H and O–H groups in total. The fourth-order valence-electron chi connectivity index (χ4n) is 2.71. The molecule has 112 valence electrons. The molecule has 5 heteroatoms. The van der Waals surface area contributed by atoms with Crippen LogP contribution in [0.3, 0.4) is 0 Å². The number of methoxy groups -OCH3 is 1. The van der Waals surface area contributed by atoms with Gasteiger partial charge in [-0.05, 0) is 12.5 Å². The predicted octanol–water partition coefficient (Wildman–Crippen LogP) is 2.83. The lowest BCUT2D eigenvalue weighted by atomic mass is 9.95. The highest BCUT2D eigenvalue weighted by Gasteiger charge is 2.28. The third kappa shape index (κ3) is 2.74. The normalized spacial score (nSPS) is 20.7. The van der Waals surface area contributed by atoms with Crippen molar-refractivity contribution in [3.8, 4) is 11.5 Å². The lowest BCUT2D eigenvalue weighted by molar-refractivity contribution is 0.160. The van der Waals surface area contributed by atoms with Gasteiger partial charge in [0.15, 0.2) is 0 Å². The number of aryl methyl sites for hydroxylation is 1. The first-order valence-electron chi connectivity index (χ1n) is 7.33. The molecule has 0 saturated heterocycles. The number of rotatable bonds is 4. The third-order valence-corrected chi connectivity index (χ3v) is 3.84. The van der Waals surface area contributed by atoms with Crippen molar-refractivity contribution < 1.29 is 9.47 Å². The molecule has 0 bridgehead atoms. The largest absolute Gasteiger partial charge is 0.497 e. The summed E-state index contributed by atoms with van der Waals surface area (Å²) in [6.45, 7) is 3.06. The number of benzene rings is 1. The van der Waals surface area contributed by atoms with Crippen LogP contribution in [0, 0.1) is 0 Å². The predicted molar refractivity (Wildman–Crippen MR) is 80.4 cm³/mol. The van der Waals surface area contributed by atoms with E-state index < -0.39 is 0 Å². The summed E-state index contributed by atoms with van der Waals surface area (Å²) in [4.78, 5) is 0. The van der Waals surface area contributed by atoms with Crippen molar-refractivity contribution >= 4 is 0 Å². The molecular formula is C16H21N3O2. The molecule has 2 atom stereocenters. The van der Waals surface area contributed by atoms with Crippen LogP contribution in [-0.4, -0.2) is 16.9 Å². The van der Waals surface area contributed by atoms with E-state index in [0.29, 0.717) is 0 Å². The van der Waals surface area contributed by atoms with Crippen LogP contribution >= 0.6 is 0 Å². The van der Waals surface area contributed by atoms with Gasteiger partial charge in [-0.15, -0.1) is 0 Å². The van der Waals surface area contributed by atoms with Gasteiger partial charge in [0.2, 0.25) is 0 Å². The minimum Gasteiger partial charge on any atom is -0.497 e. The van der Waals surface area contributed by atoms with Crippen LogP contribution in [0.4, 0.5) is 0 Å². The first-order chi connectivity index (χ1) is 10.2. The van der Waals surface area contributed by atoms with Crippen molar-refractivity contribution in [3.63, 3.8) is 0 Å². The minimum atomic E-state index is -0.0507. The Labute approximate surface area is 124 Å². The third-order valence-electron chi connectivity index (χ3n) is 3.84. The van der Waals surface area contributed by atoms with Gasteiger partial charge in [0, 0.05) is 42.4 Å². The van der Waals surface area contributed by atoms with E-state index in [1.165, 1.54) is 0 Å². The molecular weight excluding hydrogens is 266 g/mol. The number of ether oxygens (including phenoxy) is 2. The Hall–Kier alpha value is -2.01. The molecule has 5 nitrogen and oxygen atoms in total. The summed E-state index contributed by atoms with van der Waals surface area (Å²) in [5.41, 5.74) is 8.39. The maximum atomic E-state index is 6.28. The van der Waals surface area contributed by atoms with Crippen LogP contribution in [-0.2, 0) is 6.54 Å². The highest BCUT2D eigenvalue weighted by atomic mass is 16.5. The van der Waals surface area contributed by atoms with Crippen LogP contribution in [0.25, 0.3) is 0 Å².